The number of ether oxygens (including phenoxy) is 2. The maximum atomic E-state index is 12.6. The number of carbonyl (C=O) groups is 1. The van der Waals surface area contributed by atoms with E-state index in [9.17, 15) is 4.79 Å². The maximum Gasteiger partial charge on any atom is 0.232 e. The van der Waals surface area contributed by atoms with Crippen LogP contribution in [0.4, 0.5) is 5.13 Å². The van der Waals surface area contributed by atoms with Gasteiger partial charge < -0.3 is 14.8 Å². The number of amides is 1. The molecule has 6 nitrogen and oxygen atoms in total. The van der Waals surface area contributed by atoms with Gasteiger partial charge in [0.15, 0.2) is 5.13 Å². The van der Waals surface area contributed by atoms with E-state index < -0.39 is 0 Å². The van der Waals surface area contributed by atoms with E-state index in [-0.39, 0.29) is 18.4 Å². The molecule has 168 valence electrons. The van der Waals surface area contributed by atoms with Crippen LogP contribution >= 0.6 is 23.1 Å². The van der Waals surface area contributed by atoms with E-state index in [1.54, 1.807) is 18.0 Å². The largest absolute Gasteiger partial charge is 0.490 e. The number of thiazole rings is 1. The zero-order valence-electron chi connectivity index (χ0n) is 18.2. The first-order valence-electron chi connectivity index (χ1n) is 10.7. The number of benzene rings is 1. The van der Waals surface area contributed by atoms with Crippen molar-refractivity contribution in [2.45, 2.75) is 49.5 Å². The summed E-state index contributed by atoms with van der Waals surface area (Å²) in [6, 6.07) is 14.1. The van der Waals surface area contributed by atoms with Crippen LogP contribution in [0.15, 0.2) is 53.7 Å². The Morgan fingerprint density at radius 1 is 1.34 bits per heavy atom. The van der Waals surface area contributed by atoms with Crippen LogP contribution in [0.5, 0.6) is 5.75 Å². The summed E-state index contributed by atoms with van der Waals surface area (Å²) in [6.07, 6.45) is 3.71. The highest BCUT2D eigenvalue weighted by molar-refractivity contribution is 7.99. The molecule has 2 atom stereocenters. The predicted molar refractivity (Wildman–Crippen MR) is 129 cm³/mol. The van der Waals surface area contributed by atoms with Crippen LogP contribution in [0.1, 0.15) is 29.5 Å². The number of carbonyl (C=O) groups excluding carboxylic acids is 1. The molecule has 1 N–H and O–H groups in total. The van der Waals surface area contributed by atoms with E-state index in [1.165, 1.54) is 16.9 Å². The Morgan fingerprint density at radius 2 is 2.19 bits per heavy atom. The molecule has 1 aromatic carbocycles. The van der Waals surface area contributed by atoms with E-state index in [4.69, 9.17) is 14.5 Å². The Bertz CT molecular complexity index is 1040. The minimum Gasteiger partial charge on any atom is -0.490 e. The van der Waals surface area contributed by atoms with Crippen LogP contribution in [0.2, 0.25) is 0 Å². The number of aryl methyl sites for hydroxylation is 1. The molecular formula is C24H27N3O3S2. The summed E-state index contributed by atoms with van der Waals surface area (Å²) >= 11 is 3.14. The molecule has 0 aliphatic carbocycles. The molecule has 0 radical (unpaired) electrons. The van der Waals surface area contributed by atoms with Crippen molar-refractivity contribution < 1.29 is 14.3 Å². The summed E-state index contributed by atoms with van der Waals surface area (Å²) in [5, 5.41) is 4.70. The zero-order valence-corrected chi connectivity index (χ0v) is 19.9. The molecule has 1 aliphatic heterocycles. The molecule has 32 heavy (non-hydrogen) atoms. The van der Waals surface area contributed by atoms with Gasteiger partial charge in [0.05, 0.1) is 24.8 Å². The van der Waals surface area contributed by atoms with Gasteiger partial charge in [0.25, 0.3) is 0 Å². The van der Waals surface area contributed by atoms with Crippen molar-refractivity contribution >= 4 is 34.1 Å². The number of thioether (sulfide) groups is 1. The average Bonchev–Trinajstić information content (AvgIpc) is 3.40. The van der Waals surface area contributed by atoms with Gasteiger partial charge in [-0.3, -0.25) is 4.79 Å². The van der Waals surface area contributed by atoms with Gasteiger partial charge in [-0.15, -0.1) is 23.1 Å². The van der Waals surface area contributed by atoms with Crippen molar-refractivity contribution in [3.63, 3.8) is 0 Å². The van der Waals surface area contributed by atoms with Crippen LogP contribution in [-0.2, 0) is 22.4 Å². The fourth-order valence-electron chi connectivity index (χ4n) is 3.49. The summed E-state index contributed by atoms with van der Waals surface area (Å²) in [6.45, 7) is 5.52. The first kappa shape index (κ1) is 22.8. The van der Waals surface area contributed by atoms with Gasteiger partial charge in [-0.1, -0.05) is 30.3 Å². The number of anilines is 1. The van der Waals surface area contributed by atoms with E-state index in [2.05, 4.69) is 29.4 Å². The molecule has 1 fully saturated rings. The number of rotatable bonds is 9. The van der Waals surface area contributed by atoms with Crippen LogP contribution in [0, 0.1) is 6.92 Å². The third-order valence-electron chi connectivity index (χ3n) is 4.92. The van der Waals surface area contributed by atoms with Gasteiger partial charge in [-0.05, 0) is 25.8 Å². The van der Waals surface area contributed by atoms with Crippen LogP contribution in [0.25, 0.3) is 0 Å². The molecular weight excluding hydrogens is 442 g/mol. The molecule has 0 spiro atoms. The molecule has 1 saturated heterocycles. The predicted octanol–water partition coefficient (Wildman–Crippen LogP) is 4.92. The highest BCUT2D eigenvalue weighted by Crippen LogP contribution is 2.31. The summed E-state index contributed by atoms with van der Waals surface area (Å²) in [5.41, 5.74) is 1.91. The Balaban J connectivity index is 1.47. The molecule has 1 amide bonds. The molecule has 0 bridgehead atoms. The van der Waals surface area contributed by atoms with Crippen molar-refractivity contribution in [1.29, 1.82) is 0 Å². The first-order chi connectivity index (χ1) is 15.5. The topological polar surface area (TPSA) is 73.3 Å². The van der Waals surface area contributed by atoms with E-state index in [0.717, 1.165) is 41.7 Å². The number of aromatic nitrogens is 2. The Labute approximate surface area is 196 Å². The lowest BCUT2D eigenvalue weighted by molar-refractivity contribution is -0.115. The second kappa shape index (κ2) is 10.9. The minimum atomic E-state index is -0.138. The van der Waals surface area contributed by atoms with E-state index in [0.29, 0.717) is 16.1 Å². The lowest BCUT2D eigenvalue weighted by Crippen LogP contribution is -2.17. The number of hydrogen-bond donors (Lipinski definition) is 1. The highest BCUT2D eigenvalue weighted by Gasteiger charge is 2.19. The number of pyridine rings is 1. The second-order valence-electron chi connectivity index (χ2n) is 7.86. The van der Waals surface area contributed by atoms with Gasteiger partial charge in [0, 0.05) is 41.5 Å². The summed E-state index contributed by atoms with van der Waals surface area (Å²) in [4.78, 5) is 22.6. The Hall–Kier alpha value is -2.42. The van der Waals surface area contributed by atoms with Gasteiger partial charge in [0.1, 0.15) is 10.8 Å². The molecule has 3 heterocycles. The lowest BCUT2D eigenvalue weighted by Gasteiger charge is -2.17. The molecule has 1 aliphatic rings. The van der Waals surface area contributed by atoms with Gasteiger partial charge >= 0.3 is 0 Å². The first-order valence-corrected chi connectivity index (χ1v) is 12.4. The van der Waals surface area contributed by atoms with Crippen LogP contribution in [0.3, 0.4) is 0 Å². The number of hydrogen-bond acceptors (Lipinski definition) is 7. The molecule has 0 saturated carbocycles. The van der Waals surface area contributed by atoms with Gasteiger partial charge in [0.2, 0.25) is 5.91 Å². The molecule has 3 aromatic rings. The average molecular weight is 470 g/mol. The fraction of sp³-hybridized carbons (Fsp3) is 0.375. The number of nitrogens with one attached hydrogen (secondary N) is 1. The SMILES string of the molecule is Cc1cnc(NC(=O)Cc2cc(O[C@@H](C)Cc3ccccc3)cc(S[C@H]3CCOC3)n2)s1. The maximum absolute atomic E-state index is 12.6. The van der Waals surface area contributed by atoms with Crippen molar-refractivity contribution in [1.82, 2.24) is 9.97 Å². The third kappa shape index (κ3) is 6.79. The quantitative estimate of drug-likeness (QED) is 0.480. The lowest BCUT2D eigenvalue weighted by atomic mass is 10.1. The van der Waals surface area contributed by atoms with Crippen molar-refractivity contribution in [3.05, 3.63) is 64.8 Å². The summed E-state index contributed by atoms with van der Waals surface area (Å²) < 4.78 is 11.7. The van der Waals surface area contributed by atoms with Gasteiger partial charge in [-0.25, -0.2) is 9.97 Å². The highest BCUT2D eigenvalue weighted by atomic mass is 32.2. The molecule has 4 rings (SSSR count). The van der Waals surface area contributed by atoms with Crippen molar-refractivity contribution in [2.75, 3.05) is 18.5 Å². The molecule has 2 aromatic heterocycles. The van der Waals surface area contributed by atoms with E-state index >= 15 is 0 Å². The minimum absolute atomic E-state index is 0.00701. The fourth-order valence-corrected chi connectivity index (χ4v) is 5.24. The summed E-state index contributed by atoms with van der Waals surface area (Å²) in [5.74, 6) is 0.597. The normalized spacial score (nSPS) is 16.6. The van der Waals surface area contributed by atoms with Crippen LogP contribution < -0.4 is 10.1 Å². The second-order valence-corrected chi connectivity index (χ2v) is 10.4. The Morgan fingerprint density at radius 3 is 2.91 bits per heavy atom. The summed E-state index contributed by atoms with van der Waals surface area (Å²) in [7, 11) is 0. The zero-order chi connectivity index (χ0) is 22.3. The van der Waals surface area contributed by atoms with Crippen molar-refractivity contribution in [3.8, 4) is 5.75 Å². The van der Waals surface area contributed by atoms with Crippen LogP contribution in [-0.4, -0.2) is 40.4 Å². The molecule has 0 unspecified atom stereocenters. The molecule has 8 heteroatoms. The van der Waals surface area contributed by atoms with Crippen molar-refractivity contribution in [2.24, 2.45) is 0 Å². The van der Waals surface area contributed by atoms with Gasteiger partial charge in [-0.2, -0.15) is 0 Å². The number of nitrogens with zero attached hydrogens (tertiary/aromatic N) is 2. The Kier molecular flexibility index (Phi) is 7.78. The smallest absolute Gasteiger partial charge is 0.232 e. The van der Waals surface area contributed by atoms with E-state index in [1.807, 2.05) is 37.3 Å². The standard InChI is InChI=1S/C24H27N3O3S2/c1-16(10-18-6-4-3-5-7-18)30-20-11-19(12-22(28)27-24-25-14-17(2)31-24)26-23(13-20)32-21-8-9-29-15-21/h3-7,11,13-14,16,21H,8-10,12,15H2,1-2H3,(H,25,27,28)/t16-,21-/m0/s1. The monoisotopic (exact) mass is 469 g/mol. The third-order valence-corrected chi connectivity index (χ3v) is 6.90.